The Labute approximate surface area is 115 Å². The molecule has 0 saturated carbocycles. The SMILES string of the molecule is CC(C)CC(C)COc1ccc(C(C)N)cc1Cl. The van der Waals surface area contributed by atoms with Crippen molar-refractivity contribution in [3.63, 3.8) is 0 Å². The van der Waals surface area contributed by atoms with Crippen LogP contribution >= 0.6 is 11.6 Å². The molecule has 102 valence electrons. The van der Waals surface area contributed by atoms with Gasteiger partial charge in [0.1, 0.15) is 5.75 Å². The van der Waals surface area contributed by atoms with Gasteiger partial charge in [-0.15, -0.1) is 0 Å². The highest BCUT2D eigenvalue weighted by atomic mass is 35.5. The van der Waals surface area contributed by atoms with Gasteiger partial charge >= 0.3 is 0 Å². The van der Waals surface area contributed by atoms with Crippen LogP contribution in [0.3, 0.4) is 0 Å². The Bertz CT molecular complexity index is 377. The Hall–Kier alpha value is -0.730. The molecular formula is C15H24ClNO. The first kappa shape index (κ1) is 15.3. The van der Waals surface area contributed by atoms with Crippen LogP contribution in [0.5, 0.6) is 5.75 Å². The maximum Gasteiger partial charge on any atom is 0.137 e. The molecule has 0 heterocycles. The molecule has 2 nitrogen and oxygen atoms in total. The summed E-state index contributed by atoms with van der Waals surface area (Å²) in [6.07, 6.45) is 1.16. The van der Waals surface area contributed by atoms with Gasteiger partial charge in [0.25, 0.3) is 0 Å². The highest BCUT2D eigenvalue weighted by Crippen LogP contribution is 2.28. The molecule has 0 aliphatic carbocycles. The maximum atomic E-state index is 6.18. The van der Waals surface area contributed by atoms with Crippen LogP contribution in [0.1, 0.15) is 45.7 Å². The lowest BCUT2D eigenvalue weighted by Gasteiger charge is -2.16. The number of ether oxygens (including phenoxy) is 1. The number of rotatable bonds is 6. The Morgan fingerprint density at radius 1 is 1.22 bits per heavy atom. The summed E-state index contributed by atoms with van der Waals surface area (Å²) in [5.74, 6) is 1.98. The normalized spacial score (nSPS) is 14.6. The molecule has 0 aromatic heterocycles. The Morgan fingerprint density at radius 2 is 1.89 bits per heavy atom. The van der Waals surface area contributed by atoms with E-state index in [0.717, 1.165) is 17.7 Å². The molecule has 2 N–H and O–H groups in total. The van der Waals surface area contributed by atoms with Gasteiger partial charge in [-0.1, -0.05) is 38.4 Å². The minimum atomic E-state index is -0.00332. The first-order valence-corrected chi connectivity index (χ1v) is 6.95. The van der Waals surface area contributed by atoms with Crippen molar-refractivity contribution < 1.29 is 4.74 Å². The molecule has 0 spiro atoms. The minimum absolute atomic E-state index is 0.00332. The van der Waals surface area contributed by atoms with Crippen LogP contribution in [0.15, 0.2) is 18.2 Å². The third-order valence-electron chi connectivity index (χ3n) is 2.88. The predicted octanol–water partition coefficient (Wildman–Crippen LogP) is 4.42. The summed E-state index contributed by atoms with van der Waals surface area (Å²) in [6, 6.07) is 5.76. The number of nitrogens with two attached hydrogens (primary N) is 1. The van der Waals surface area contributed by atoms with Crippen LogP contribution < -0.4 is 10.5 Å². The smallest absolute Gasteiger partial charge is 0.137 e. The standard InChI is InChI=1S/C15H24ClNO/c1-10(2)7-11(3)9-18-15-6-5-13(12(4)17)8-14(15)16/h5-6,8,10-12H,7,9,17H2,1-4H3. The minimum Gasteiger partial charge on any atom is -0.492 e. The van der Waals surface area contributed by atoms with Crippen molar-refractivity contribution in [1.82, 2.24) is 0 Å². The van der Waals surface area contributed by atoms with Gasteiger partial charge in [0.15, 0.2) is 0 Å². The molecule has 0 fully saturated rings. The van der Waals surface area contributed by atoms with E-state index in [1.165, 1.54) is 0 Å². The van der Waals surface area contributed by atoms with Gasteiger partial charge in [0.05, 0.1) is 11.6 Å². The lowest BCUT2D eigenvalue weighted by molar-refractivity contribution is 0.239. The Balaban J connectivity index is 2.58. The zero-order valence-corrected chi connectivity index (χ0v) is 12.5. The van der Waals surface area contributed by atoms with Crippen molar-refractivity contribution in [1.29, 1.82) is 0 Å². The highest BCUT2D eigenvalue weighted by Gasteiger charge is 2.09. The van der Waals surface area contributed by atoms with E-state index in [4.69, 9.17) is 22.1 Å². The summed E-state index contributed by atoms with van der Waals surface area (Å²) in [7, 11) is 0. The first-order chi connectivity index (χ1) is 8.40. The number of hydrogen-bond acceptors (Lipinski definition) is 2. The zero-order chi connectivity index (χ0) is 13.7. The van der Waals surface area contributed by atoms with Crippen molar-refractivity contribution in [2.75, 3.05) is 6.61 Å². The van der Waals surface area contributed by atoms with E-state index in [-0.39, 0.29) is 6.04 Å². The van der Waals surface area contributed by atoms with Gasteiger partial charge in [-0.2, -0.15) is 0 Å². The average molecular weight is 270 g/mol. The molecule has 18 heavy (non-hydrogen) atoms. The Kier molecular flexibility index (Phi) is 5.97. The predicted molar refractivity (Wildman–Crippen MR) is 78.2 cm³/mol. The van der Waals surface area contributed by atoms with Gasteiger partial charge in [0.2, 0.25) is 0 Å². The van der Waals surface area contributed by atoms with E-state index in [1.807, 2.05) is 25.1 Å². The fourth-order valence-electron chi connectivity index (χ4n) is 2.02. The van der Waals surface area contributed by atoms with Gasteiger partial charge in [0, 0.05) is 6.04 Å². The fraction of sp³-hybridized carbons (Fsp3) is 0.600. The second kappa shape index (κ2) is 7.01. The molecule has 0 bridgehead atoms. The topological polar surface area (TPSA) is 35.2 Å². The summed E-state index contributed by atoms with van der Waals surface area (Å²) in [6.45, 7) is 9.29. The van der Waals surface area contributed by atoms with Crippen LogP contribution in [-0.4, -0.2) is 6.61 Å². The zero-order valence-electron chi connectivity index (χ0n) is 11.7. The van der Waals surface area contributed by atoms with E-state index in [2.05, 4.69) is 20.8 Å². The molecule has 0 aliphatic heterocycles. The monoisotopic (exact) mass is 269 g/mol. The van der Waals surface area contributed by atoms with Crippen LogP contribution in [0.4, 0.5) is 0 Å². The van der Waals surface area contributed by atoms with E-state index in [1.54, 1.807) is 0 Å². The number of halogens is 1. The summed E-state index contributed by atoms with van der Waals surface area (Å²) in [4.78, 5) is 0. The molecule has 3 heteroatoms. The van der Waals surface area contributed by atoms with Gasteiger partial charge in [-0.25, -0.2) is 0 Å². The third kappa shape index (κ3) is 4.87. The average Bonchev–Trinajstić information content (AvgIpc) is 2.26. The lowest BCUT2D eigenvalue weighted by Crippen LogP contribution is -2.11. The van der Waals surface area contributed by atoms with Crippen molar-refractivity contribution in [2.24, 2.45) is 17.6 Å². The highest BCUT2D eigenvalue weighted by molar-refractivity contribution is 6.32. The number of benzene rings is 1. The molecule has 1 aromatic rings. The molecule has 2 unspecified atom stereocenters. The lowest BCUT2D eigenvalue weighted by atomic mass is 10.00. The second-order valence-electron chi connectivity index (χ2n) is 5.52. The van der Waals surface area contributed by atoms with Crippen LogP contribution in [0.25, 0.3) is 0 Å². The van der Waals surface area contributed by atoms with E-state index in [0.29, 0.717) is 23.5 Å². The summed E-state index contributed by atoms with van der Waals surface area (Å²) < 4.78 is 5.76. The van der Waals surface area contributed by atoms with Gasteiger partial charge in [-0.05, 0) is 42.9 Å². The summed E-state index contributed by atoms with van der Waals surface area (Å²) in [5.41, 5.74) is 6.84. The molecule has 1 rings (SSSR count). The fourth-order valence-corrected chi connectivity index (χ4v) is 2.27. The molecule has 2 atom stereocenters. The summed E-state index contributed by atoms with van der Waals surface area (Å²) in [5, 5.41) is 0.640. The van der Waals surface area contributed by atoms with Crippen LogP contribution in [0, 0.1) is 11.8 Å². The van der Waals surface area contributed by atoms with E-state index >= 15 is 0 Å². The van der Waals surface area contributed by atoms with Crippen LogP contribution in [0.2, 0.25) is 5.02 Å². The van der Waals surface area contributed by atoms with E-state index < -0.39 is 0 Å². The largest absolute Gasteiger partial charge is 0.492 e. The van der Waals surface area contributed by atoms with Crippen LogP contribution in [-0.2, 0) is 0 Å². The molecule has 0 amide bonds. The van der Waals surface area contributed by atoms with Gasteiger partial charge < -0.3 is 10.5 Å². The molecule has 0 aliphatic rings. The third-order valence-corrected chi connectivity index (χ3v) is 3.17. The van der Waals surface area contributed by atoms with Crippen molar-refractivity contribution in [2.45, 2.75) is 40.2 Å². The van der Waals surface area contributed by atoms with Gasteiger partial charge in [-0.3, -0.25) is 0 Å². The quantitative estimate of drug-likeness (QED) is 0.830. The first-order valence-electron chi connectivity index (χ1n) is 6.58. The molecule has 0 radical (unpaired) electrons. The number of hydrogen-bond donors (Lipinski definition) is 1. The van der Waals surface area contributed by atoms with Crippen molar-refractivity contribution in [3.8, 4) is 5.75 Å². The molecule has 1 aromatic carbocycles. The molecule has 0 saturated heterocycles. The summed E-state index contributed by atoms with van der Waals surface area (Å²) >= 11 is 6.18. The maximum absolute atomic E-state index is 6.18. The molecular weight excluding hydrogens is 246 g/mol. The second-order valence-corrected chi connectivity index (χ2v) is 5.93. The van der Waals surface area contributed by atoms with Crippen molar-refractivity contribution >= 4 is 11.6 Å². The van der Waals surface area contributed by atoms with E-state index in [9.17, 15) is 0 Å². The van der Waals surface area contributed by atoms with Crippen molar-refractivity contribution in [3.05, 3.63) is 28.8 Å². The Morgan fingerprint density at radius 3 is 2.39 bits per heavy atom.